The predicted molar refractivity (Wildman–Crippen MR) is 109 cm³/mol. The van der Waals surface area contributed by atoms with Crippen molar-refractivity contribution in [2.75, 3.05) is 6.61 Å². The van der Waals surface area contributed by atoms with Crippen LogP contribution < -0.4 is 0 Å². The third-order valence-corrected chi connectivity index (χ3v) is 15.4. The third kappa shape index (κ3) is 4.97. The van der Waals surface area contributed by atoms with Gasteiger partial charge >= 0.3 is 0 Å². The minimum Gasteiger partial charge on any atom is -0.414 e. The minimum atomic E-state index is -1.87. The lowest BCUT2D eigenvalue weighted by molar-refractivity contribution is 0.00266. The zero-order valence-electron chi connectivity index (χ0n) is 17.8. The molecule has 0 bridgehead atoms. The second-order valence-corrected chi connectivity index (χ2v) is 20.0. The number of hydrogen-bond donors (Lipinski definition) is 0. The van der Waals surface area contributed by atoms with Gasteiger partial charge in [-0.2, -0.15) is 0 Å². The lowest BCUT2D eigenvalue weighted by atomic mass is 9.86. The first-order chi connectivity index (χ1) is 10.5. The molecule has 24 heavy (non-hydrogen) atoms. The van der Waals surface area contributed by atoms with Crippen LogP contribution in [-0.4, -0.2) is 49.3 Å². The maximum absolute atomic E-state index is 6.68. The SMILES string of the molecule is [B][C@@H]1O[C@H](CO[Si](C)(C)C(C)(C)C)C(O[Si](C)(C)C(C)(C)C)[C@@H]1C. The van der Waals surface area contributed by atoms with Crippen LogP contribution in [0.2, 0.25) is 36.3 Å². The van der Waals surface area contributed by atoms with Crippen molar-refractivity contribution in [1.82, 2.24) is 0 Å². The van der Waals surface area contributed by atoms with Crippen molar-refractivity contribution in [3.8, 4) is 0 Å². The van der Waals surface area contributed by atoms with Crippen molar-refractivity contribution >= 4 is 24.5 Å². The monoisotopic (exact) mass is 370 g/mol. The first-order valence-corrected chi connectivity index (χ1v) is 15.0. The molecule has 0 N–H and O–H groups in total. The average molecular weight is 370 g/mol. The molecule has 0 aromatic heterocycles. The molecule has 6 heteroatoms. The first-order valence-electron chi connectivity index (χ1n) is 9.22. The summed E-state index contributed by atoms with van der Waals surface area (Å²) in [7, 11) is 2.50. The molecule has 0 aromatic carbocycles. The van der Waals surface area contributed by atoms with E-state index < -0.39 is 16.6 Å². The molecule has 0 spiro atoms. The number of ether oxygens (including phenoxy) is 1. The van der Waals surface area contributed by atoms with Gasteiger partial charge in [0.05, 0.1) is 12.7 Å². The molecule has 4 atom stereocenters. The number of rotatable bonds is 5. The van der Waals surface area contributed by atoms with E-state index in [2.05, 4.69) is 74.7 Å². The smallest absolute Gasteiger partial charge is 0.192 e. The van der Waals surface area contributed by atoms with Gasteiger partial charge in [0.15, 0.2) is 16.6 Å². The van der Waals surface area contributed by atoms with E-state index in [1.54, 1.807) is 0 Å². The van der Waals surface area contributed by atoms with Gasteiger partial charge in [-0.1, -0.05) is 48.5 Å². The van der Waals surface area contributed by atoms with E-state index in [0.29, 0.717) is 6.61 Å². The molecule has 1 aliphatic heterocycles. The predicted octanol–water partition coefficient (Wildman–Crippen LogP) is 4.93. The van der Waals surface area contributed by atoms with E-state index in [0.717, 1.165) is 0 Å². The van der Waals surface area contributed by atoms with Gasteiger partial charge in [0.2, 0.25) is 0 Å². The maximum atomic E-state index is 6.68. The topological polar surface area (TPSA) is 27.7 Å². The standard InChI is InChI=1S/C18H39BO3Si2/c1-13-15(22-24(10,11)18(5,6)7)14(21-16(13)19)12-20-23(8,9)17(2,3)4/h13-16H,12H2,1-11H3/t13-,14+,15?,16+/m0/s1. The second-order valence-electron chi connectivity index (χ2n) is 10.4. The van der Waals surface area contributed by atoms with Crippen molar-refractivity contribution in [2.45, 2.75) is 103 Å². The molecule has 1 saturated heterocycles. The minimum absolute atomic E-state index is 0.0191. The Morgan fingerprint density at radius 2 is 1.38 bits per heavy atom. The Balaban J connectivity index is 2.86. The van der Waals surface area contributed by atoms with E-state index >= 15 is 0 Å². The molecule has 0 saturated carbocycles. The van der Waals surface area contributed by atoms with Gasteiger partial charge in [-0.3, -0.25) is 0 Å². The molecule has 3 nitrogen and oxygen atoms in total. The summed E-state index contributed by atoms with van der Waals surface area (Å²) >= 11 is 0. The molecule has 1 rings (SSSR count). The zero-order valence-corrected chi connectivity index (χ0v) is 19.8. The average Bonchev–Trinajstić information content (AvgIpc) is 2.61. The summed E-state index contributed by atoms with van der Waals surface area (Å²) in [6.45, 7) is 25.4. The van der Waals surface area contributed by atoms with Crippen LogP contribution in [0, 0.1) is 5.92 Å². The van der Waals surface area contributed by atoms with E-state index in [9.17, 15) is 0 Å². The molecule has 1 heterocycles. The molecule has 1 aliphatic rings. The quantitative estimate of drug-likeness (QED) is 0.643. The Morgan fingerprint density at radius 1 is 0.917 bits per heavy atom. The van der Waals surface area contributed by atoms with Crippen LogP contribution in [0.4, 0.5) is 0 Å². The van der Waals surface area contributed by atoms with E-state index in [1.807, 2.05) is 0 Å². The molecule has 1 fully saturated rings. The molecule has 0 aromatic rings. The highest BCUT2D eigenvalue weighted by Crippen LogP contribution is 2.41. The van der Waals surface area contributed by atoms with Gasteiger partial charge in [-0.15, -0.1) is 0 Å². The fourth-order valence-electron chi connectivity index (χ4n) is 2.27. The number of hydrogen-bond acceptors (Lipinski definition) is 3. The van der Waals surface area contributed by atoms with Crippen LogP contribution in [0.5, 0.6) is 0 Å². The molecule has 140 valence electrons. The maximum Gasteiger partial charge on any atom is 0.192 e. The molecule has 0 aliphatic carbocycles. The van der Waals surface area contributed by atoms with Crippen LogP contribution >= 0.6 is 0 Å². The van der Waals surface area contributed by atoms with E-state index in [1.165, 1.54) is 0 Å². The van der Waals surface area contributed by atoms with Crippen molar-refractivity contribution in [1.29, 1.82) is 0 Å². The van der Waals surface area contributed by atoms with Crippen molar-refractivity contribution in [3.63, 3.8) is 0 Å². The van der Waals surface area contributed by atoms with Crippen LogP contribution in [0.3, 0.4) is 0 Å². The van der Waals surface area contributed by atoms with Gasteiger partial charge in [-0.05, 0) is 36.3 Å². The highest BCUT2D eigenvalue weighted by atomic mass is 28.4. The van der Waals surface area contributed by atoms with Crippen molar-refractivity contribution in [3.05, 3.63) is 0 Å². The second kappa shape index (κ2) is 7.18. The van der Waals surface area contributed by atoms with E-state index in [4.69, 9.17) is 21.4 Å². The fraction of sp³-hybridized carbons (Fsp3) is 1.00. The zero-order chi connectivity index (χ0) is 19.1. The summed E-state index contributed by atoms with van der Waals surface area (Å²) in [5, 5.41) is 0.360. The summed E-state index contributed by atoms with van der Waals surface area (Å²) in [6, 6.07) is -0.271. The Labute approximate surface area is 153 Å². The molecular formula is C18H39BO3Si2. The summed E-state index contributed by atoms with van der Waals surface area (Å²) in [6.07, 6.45) is -0.0519. The summed E-state index contributed by atoms with van der Waals surface area (Å²) < 4.78 is 19.1. The Bertz CT molecular complexity index is 427. The lowest BCUT2D eigenvalue weighted by Crippen LogP contribution is -2.49. The summed E-state index contributed by atoms with van der Waals surface area (Å²) in [5.74, 6) is 0.187. The van der Waals surface area contributed by atoms with Crippen LogP contribution in [-0.2, 0) is 13.6 Å². The molecular weight excluding hydrogens is 331 g/mol. The van der Waals surface area contributed by atoms with Gasteiger partial charge in [0, 0.05) is 11.9 Å². The lowest BCUT2D eigenvalue weighted by Gasteiger charge is -2.41. The molecule has 1 unspecified atom stereocenters. The third-order valence-electron chi connectivity index (χ3n) is 6.39. The fourth-order valence-corrected chi connectivity index (χ4v) is 4.68. The van der Waals surface area contributed by atoms with Crippen LogP contribution in [0.15, 0.2) is 0 Å². The highest BCUT2D eigenvalue weighted by Gasteiger charge is 2.48. The van der Waals surface area contributed by atoms with Gasteiger partial charge < -0.3 is 13.6 Å². The van der Waals surface area contributed by atoms with E-state index in [-0.39, 0.29) is 34.2 Å². The van der Waals surface area contributed by atoms with Crippen molar-refractivity contribution < 1.29 is 13.6 Å². The molecule has 2 radical (unpaired) electrons. The summed E-state index contributed by atoms with van der Waals surface area (Å²) in [5.41, 5.74) is 0. The Morgan fingerprint density at radius 3 is 1.79 bits per heavy atom. The van der Waals surface area contributed by atoms with Crippen LogP contribution in [0.1, 0.15) is 48.5 Å². The van der Waals surface area contributed by atoms with Gasteiger partial charge in [0.25, 0.3) is 0 Å². The molecule has 0 amide bonds. The van der Waals surface area contributed by atoms with Gasteiger partial charge in [-0.25, -0.2) is 0 Å². The highest BCUT2D eigenvalue weighted by molar-refractivity contribution is 6.74. The largest absolute Gasteiger partial charge is 0.414 e. The summed E-state index contributed by atoms with van der Waals surface area (Å²) in [4.78, 5) is 0. The van der Waals surface area contributed by atoms with Gasteiger partial charge in [0.1, 0.15) is 14.0 Å². The normalized spacial score (nSPS) is 30.0. The van der Waals surface area contributed by atoms with Crippen LogP contribution in [0.25, 0.3) is 0 Å². The Kier molecular flexibility index (Phi) is 6.71. The Hall–Kier alpha value is 0.379. The first kappa shape index (κ1) is 22.4. The van der Waals surface area contributed by atoms with Crippen molar-refractivity contribution in [2.24, 2.45) is 5.92 Å².